The number of hydrogen-bond acceptors (Lipinski definition) is 2. The average molecular weight is 262 g/mol. The monoisotopic (exact) mass is 262 g/mol. The van der Waals surface area contributed by atoms with Crippen molar-refractivity contribution in [1.82, 2.24) is 4.90 Å². The van der Waals surface area contributed by atoms with Crippen LogP contribution in [0.2, 0.25) is 0 Å². The van der Waals surface area contributed by atoms with Gasteiger partial charge < -0.3 is 4.90 Å². The summed E-state index contributed by atoms with van der Waals surface area (Å²) in [5.41, 5.74) is 3.64. The highest BCUT2D eigenvalue weighted by Crippen LogP contribution is 2.20. The molecule has 1 aliphatic heterocycles. The van der Waals surface area contributed by atoms with Gasteiger partial charge in [0, 0.05) is 18.7 Å². The normalized spacial score (nSPS) is 13.8. The molecular weight excluding hydrogens is 248 g/mol. The van der Waals surface area contributed by atoms with Crippen molar-refractivity contribution in [2.24, 2.45) is 0 Å². The number of carbonyl (C=O) groups excluding carboxylic acids is 1. The van der Waals surface area contributed by atoms with E-state index in [9.17, 15) is 4.79 Å². The standard InChI is InChI=1S/C17H14N2O/c18-11-13-5-7-14(8-6-13)12-19-10-9-15-3-1-2-4-16(15)17(19)20/h1-8H,9-10,12H2. The van der Waals surface area contributed by atoms with Crippen LogP contribution in [0.25, 0.3) is 0 Å². The maximum atomic E-state index is 12.4. The first-order valence-electron chi connectivity index (χ1n) is 6.64. The molecule has 20 heavy (non-hydrogen) atoms. The highest BCUT2D eigenvalue weighted by molar-refractivity contribution is 5.96. The van der Waals surface area contributed by atoms with E-state index in [1.54, 1.807) is 12.1 Å². The summed E-state index contributed by atoms with van der Waals surface area (Å²) in [6.45, 7) is 1.34. The van der Waals surface area contributed by atoms with Crippen LogP contribution in [0.4, 0.5) is 0 Å². The average Bonchev–Trinajstić information content (AvgIpc) is 2.51. The number of nitrogens with zero attached hydrogens (tertiary/aromatic N) is 2. The fraction of sp³-hybridized carbons (Fsp3) is 0.176. The highest BCUT2D eigenvalue weighted by Gasteiger charge is 2.23. The first-order chi connectivity index (χ1) is 9.78. The van der Waals surface area contributed by atoms with Crippen LogP contribution in [-0.4, -0.2) is 17.4 Å². The van der Waals surface area contributed by atoms with Crippen molar-refractivity contribution >= 4 is 5.91 Å². The summed E-state index contributed by atoms with van der Waals surface area (Å²) >= 11 is 0. The maximum absolute atomic E-state index is 12.4. The second kappa shape index (κ2) is 5.18. The van der Waals surface area contributed by atoms with Gasteiger partial charge in [-0.25, -0.2) is 0 Å². The molecule has 0 spiro atoms. The number of amides is 1. The Labute approximate surface area is 118 Å². The van der Waals surface area contributed by atoms with Gasteiger partial charge in [0.2, 0.25) is 0 Å². The van der Waals surface area contributed by atoms with E-state index in [4.69, 9.17) is 5.26 Å². The van der Waals surface area contributed by atoms with Gasteiger partial charge in [0.1, 0.15) is 0 Å². The molecule has 3 nitrogen and oxygen atoms in total. The molecule has 3 heteroatoms. The van der Waals surface area contributed by atoms with Crippen molar-refractivity contribution in [2.45, 2.75) is 13.0 Å². The molecule has 0 bridgehead atoms. The van der Waals surface area contributed by atoms with Crippen LogP contribution in [0.5, 0.6) is 0 Å². The van der Waals surface area contributed by atoms with Gasteiger partial charge in [0.05, 0.1) is 11.6 Å². The van der Waals surface area contributed by atoms with E-state index in [0.29, 0.717) is 12.1 Å². The number of rotatable bonds is 2. The van der Waals surface area contributed by atoms with Crippen LogP contribution in [0, 0.1) is 11.3 Å². The summed E-state index contributed by atoms with van der Waals surface area (Å²) in [5.74, 6) is 0.0937. The summed E-state index contributed by atoms with van der Waals surface area (Å²) in [6, 6.07) is 17.3. The molecule has 0 N–H and O–H groups in total. The second-order valence-electron chi connectivity index (χ2n) is 4.94. The molecule has 0 saturated carbocycles. The van der Waals surface area contributed by atoms with Crippen molar-refractivity contribution in [2.75, 3.05) is 6.54 Å². The van der Waals surface area contributed by atoms with Gasteiger partial charge >= 0.3 is 0 Å². The molecule has 0 aromatic heterocycles. The summed E-state index contributed by atoms with van der Waals surface area (Å²) in [4.78, 5) is 14.3. The molecule has 0 radical (unpaired) electrons. The Morgan fingerprint density at radius 1 is 1.10 bits per heavy atom. The maximum Gasteiger partial charge on any atom is 0.254 e. The Morgan fingerprint density at radius 3 is 2.60 bits per heavy atom. The van der Waals surface area contributed by atoms with E-state index in [0.717, 1.165) is 29.7 Å². The first kappa shape index (κ1) is 12.4. The van der Waals surface area contributed by atoms with Crippen LogP contribution in [0.3, 0.4) is 0 Å². The van der Waals surface area contributed by atoms with Gasteiger partial charge in [0.15, 0.2) is 0 Å². The zero-order valence-corrected chi connectivity index (χ0v) is 11.0. The first-order valence-corrected chi connectivity index (χ1v) is 6.64. The van der Waals surface area contributed by atoms with Crippen molar-refractivity contribution in [1.29, 1.82) is 5.26 Å². The van der Waals surface area contributed by atoms with Crippen LogP contribution in [0.15, 0.2) is 48.5 Å². The molecule has 2 aromatic carbocycles. The third-order valence-corrected chi connectivity index (χ3v) is 3.64. The van der Waals surface area contributed by atoms with Crippen LogP contribution >= 0.6 is 0 Å². The molecule has 1 amide bonds. The molecule has 1 heterocycles. The Kier molecular flexibility index (Phi) is 3.22. The quantitative estimate of drug-likeness (QED) is 0.835. The van der Waals surface area contributed by atoms with E-state index in [2.05, 4.69) is 6.07 Å². The smallest absolute Gasteiger partial charge is 0.254 e. The number of benzene rings is 2. The number of fused-ring (bicyclic) bond motifs is 1. The Hall–Kier alpha value is -2.60. The van der Waals surface area contributed by atoms with Crippen molar-refractivity contribution in [3.63, 3.8) is 0 Å². The minimum atomic E-state index is 0.0937. The molecule has 1 aliphatic rings. The lowest BCUT2D eigenvalue weighted by molar-refractivity contribution is 0.0727. The fourth-order valence-electron chi connectivity index (χ4n) is 2.53. The summed E-state index contributed by atoms with van der Waals surface area (Å²) < 4.78 is 0. The minimum Gasteiger partial charge on any atom is -0.334 e. The van der Waals surface area contributed by atoms with E-state index < -0.39 is 0 Å². The van der Waals surface area contributed by atoms with Crippen molar-refractivity contribution in [3.8, 4) is 6.07 Å². The van der Waals surface area contributed by atoms with Gasteiger partial charge in [-0.2, -0.15) is 5.26 Å². The molecule has 3 rings (SSSR count). The minimum absolute atomic E-state index is 0.0937. The highest BCUT2D eigenvalue weighted by atomic mass is 16.2. The molecule has 0 aliphatic carbocycles. The van der Waals surface area contributed by atoms with E-state index >= 15 is 0 Å². The fourth-order valence-corrected chi connectivity index (χ4v) is 2.53. The van der Waals surface area contributed by atoms with Gasteiger partial charge in [-0.05, 0) is 35.7 Å². The van der Waals surface area contributed by atoms with E-state index in [1.165, 1.54) is 0 Å². The zero-order chi connectivity index (χ0) is 13.9. The topological polar surface area (TPSA) is 44.1 Å². The largest absolute Gasteiger partial charge is 0.334 e. The van der Waals surface area contributed by atoms with Crippen molar-refractivity contribution in [3.05, 3.63) is 70.8 Å². The predicted octanol–water partition coefficient (Wildman–Crippen LogP) is 2.76. The van der Waals surface area contributed by atoms with Gasteiger partial charge in [0.25, 0.3) is 5.91 Å². The molecule has 0 saturated heterocycles. The van der Waals surface area contributed by atoms with Gasteiger partial charge in [-0.15, -0.1) is 0 Å². The Morgan fingerprint density at radius 2 is 1.85 bits per heavy atom. The molecular formula is C17H14N2O. The zero-order valence-electron chi connectivity index (χ0n) is 11.0. The number of nitriles is 1. The van der Waals surface area contributed by atoms with Crippen molar-refractivity contribution < 1.29 is 4.79 Å². The summed E-state index contributed by atoms with van der Waals surface area (Å²) in [7, 11) is 0. The third-order valence-electron chi connectivity index (χ3n) is 3.64. The SMILES string of the molecule is N#Cc1ccc(CN2CCc3ccccc3C2=O)cc1. The van der Waals surface area contributed by atoms with Gasteiger partial charge in [-0.1, -0.05) is 30.3 Å². The van der Waals surface area contributed by atoms with E-state index in [1.807, 2.05) is 41.3 Å². The Balaban J connectivity index is 1.79. The lowest BCUT2D eigenvalue weighted by Crippen LogP contribution is -2.36. The van der Waals surface area contributed by atoms with Crippen LogP contribution in [-0.2, 0) is 13.0 Å². The second-order valence-corrected chi connectivity index (χ2v) is 4.94. The van der Waals surface area contributed by atoms with Crippen LogP contribution < -0.4 is 0 Å². The number of carbonyl (C=O) groups is 1. The molecule has 98 valence electrons. The lowest BCUT2D eigenvalue weighted by Gasteiger charge is -2.28. The lowest BCUT2D eigenvalue weighted by atomic mass is 9.98. The third kappa shape index (κ3) is 2.28. The van der Waals surface area contributed by atoms with Crippen LogP contribution in [0.1, 0.15) is 27.0 Å². The Bertz CT molecular complexity index is 683. The van der Waals surface area contributed by atoms with Gasteiger partial charge in [-0.3, -0.25) is 4.79 Å². The van der Waals surface area contributed by atoms with E-state index in [-0.39, 0.29) is 5.91 Å². The predicted molar refractivity (Wildman–Crippen MR) is 76.0 cm³/mol. The summed E-state index contributed by atoms with van der Waals surface area (Å²) in [6.07, 6.45) is 0.901. The molecule has 0 fully saturated rings. The molecule has 0 unspecified atom stereocenters. The number of hydrogen-bond donors (Lipinski definition) is 0. The molecule has 2 aromatic rings. The molecule has 0 atom stereocenters. The summed E-state index contributed by atoms with van der Waals surface area (Å²) in [5, 5.41) is 8.79.